The quantitative estimate of drug-likeness (QED) is 0.894. The topological polar surface area (TPSA) is 60.4 Å². The van der Waals surface area contributed by atoms with Crippen molar-refractivity contribution in [3.8, 4) is 34.1 Å². The average Bonchev–Trinajstić information content (AvgIpc) is 3.10. The lowest BCUT2D eigenvalue weighted by atomic mass is 9.76. The summed E-state index contributed by atoms with van der Waals surface area (Å²) in [5.74, 6) is 2.85. The van der Waals surface area contributed by atoms with Gasteiger partial charge in [-0.2, -0.15) is 0 Å². The van der Waals surface area contributed by atoms with Crippen LogP contribution in [0.5, 0.6) is 23.0 Å². The zero-order valence-electron chi connectivity index (χ0n) is 15.0. The number of rotatable bonds is 2. The summed E-state index contributed by atoms with van der Waals surface area (Å²) in [5.41, 5.74) is 5.27. The lowest BCUT2D eigenvalue weighted by Crippen LogP contribution is -2.38. The van der Waals surface area contributed by atoms with Gasteiger partial charge in [-0.05, 0) is 53.9 Å². The van der Waals surface area contributed by atoms with E-state index < -0.39 is 6.10 Å². The van der Waals surface area contributed by atoms with Crippen molar-refractivity contribution < 1.29 is 24.1 Å². The number of nitrogens with zero attached hydrogens (tertiary/aromatic N) is 1. The fourth-order valence-electron chi connectivity index (χ4n) is 4.50. The van der Waals surface area contributed by atoms with Crippen LogP contribution in [0.15, 0.2) is 18.2 Å². The molecule has 0 saturated heterocycles. The van der Waals surface area contributed by atoms with Crippen LogP contribution in [0.1, 0.15) is 28.8 Å². The first-order valence-corrected chi connectivity index (χ1v) is 8.72. The molecule has 5 rings (SSSR count). The van der Waals surface area contributed by atoms with Crippen molar-refractivity contribution >= 4 is 0 Å². The Morgan fingerprint density at radius 3 is 2.62 bits per heavy atom. The van der Waals surface area contributed by atoms with E-state index in [2.05, 4.69) is 18.0 Å². The molecule has 2 aromatic rings. The number of hydrogen-bond acceptors (Lipinski definition) is 6. The van der Waals surface area contributed by atoms with Gasteiger partial charge in [0.1, 0.15) is 0 Å². The standard InChI is InChI=1S/C20H21NO5/c1-21-8-14(22)12-7-17(23-2)20(24-3)19-11-6-16-15(25-9-26-16)5-10(11)4-13(21)18(12)19/h5-7,13-14,22H,4,8-9H2,1-3H3/t13-,14+/m0/s1. The van der Waals surface area contributed by atoms with Gasteiger partial charge in [0.2, 0.25) is 6.79 Å². The van der Waals surface area contributed by atoms with E-state index in [0.29, 0.717) is 18.0 Å². The highest BCUT2D eigenvalue weighted by Gasteiger charge is 2.40. The highest BCUT2D eigenvalue weighted by atomic mass is 16.7. The number of aliphatic hydroxyl groups is 1. The number of ether oxygens (including phenoxy) is 4. The number of likely N-dealkylation sites (N-methyl/N-ethyl adjacent to an activating group) is 1. The Hall–Kier alpha value is -2.44. The normalized spacial score (nSPS) is 22.6. The van der Waals surface area contributed by atoms with Crippen LogP contribution in [0.2, 0.25) is 0 Å². The predicted octanol–water partition coefficient (Wildman–Crippen LogP) is 2.68. The van der Waals surface area contributed by atoms with Crippen LogP contribution in [0, 0.1) is 0 Å². The minimum Gasteiger partial charge on any atom is -0.493 e. The second-order valence-electron chi connectivity index (χ2n) is 7.03. The maximum Gasteiger partial charge on any atom is 0.231 e. The minimum atomic E-state index is -0.555. The van der Waals surface area contributed by atoms with Crippen molar-refractivity contribution in [2.75, 3.05) is 34.6 Å². The van der Waals surface area contributed by atoms with E-state index in [9.17, 15) is 5.11 Å². The second-order valence-corrected chi connectivity index (χ2v) is 7.03. The molecular formula is C20H21NO5. The van der Waals surface area contributed by atoms with Gasteiger partial charge in [-0.25, -0.2) is 0 Å². The van der Waals surface area contributed by atoms with Gasteiger partial charge in [-0.3, -0.25) is 4.90 Å². The van der Waals surface area contributed by atoms with Crippen molar-refractivity contribution in [1.82, 2.24) is 4.90 Å². The van der Waals surface area contributed by atoms with Gasteiger partial charge in [0, 0.05) is 18.2 Å². The van der Waals surface area contributed by atoms with Gasteiger partial charge < -0.3 is 24.1 Å². The van der Waals surface area contributed by atoms with Crippen molar-refractivity contribution in [2.45, 2.75) is 18.6 Å². The number of benzene rings is 2. The third-order valence-electron chi connectivity index (χ3n) is 5.71. The van der Waals surface area contributed by atoms with Gasteiger partial charge >= 0.3 is 0 Å². The molecule has 2 atom stereocenters. The van der Waals surface area contributed by atoms with Crippen LogP contribution < -0.4 is 18.9 Å². The van der Waals surface area contributed by atoms with E-state index >= 15 is 0 Å². The average molecular weight is 355 g/mol. The maximum absolute atomic E-state index is 10.7. The Morgan fingerprint density at radius 2 is 1.88 bits per heavy atom. The predicted molar refractivity (Wildman–Crippen MR) is 95.1 cm³/mol. The third kappa shape index (κ3) is 2.00. The molecule has 0 bridgehead atoms. The maximum atomic E-state index is 10.7. The summed E-state index contributed by atoms with van der Waals surface area (Å²) in [6, 6.07) is 6.18. The van der Waals surface area contributed by atoms with E-state index in [1.54, 1.807) is 14.2 Å². The fourth-order valence-corrected chi connectivity index (χ4v) is 4.50. The molecule has 6 heteroatoms. The van der Waals surface area contributed by atoms with Gasteiger partial charge in [0.25, 0.3) is 0 Å². The summed E-state index contributed by atoms with van der Waals surface area (Å²) in [4.78, 5) is 2.20. The largest absolute Gasteiger partial charge is 0.493 e. The number of methoxy groups -OCH3 is 2. The summed E-state index contributed by atoms with van der Waals surface area (Å²) in [7, 11) is 5.33. The van der Waals surface area contributed by atoms with Crippen LogP contribution in [0.4, 0.5) is 0 Å². The molecule has 0 fully saturated rings. The van der Waals surface area contributed by atoms with E-state index in [1.165, 1.54) is 5.56 Å². The first-order chi connectivity index (χ1) is 12.6. The summed E-state index contributed by atoms with van der Waals surface area (Å²) in [6.45, 7) is 0.833. The molecule has 2 aromatic carbocycles. The van der Waals surface area contributed by atoms with Crippen molar-refractivity contribution in [3.63, 3.8) is 0 Å². The smallest absolute Gasteiger partial charge is 0.231 e. The molecule has 26 heavy (non-hydrogen) atoms. The molecule has 0 amide bonds. The van der Waals surface area contributed by atoms with E-state index in [1.807, 2.05) is 12.1 Å². The third-order valence-corrected chi connectivity index (χ3v) is 5.71. The Labute approximate surface area is 151 Å². The summed E-state index contributed by atoms with van der Waals surface area (Å²) < 4.78 is 22.5. The summed E-state index contributed by atoms with van der Waals surface area (Å²) in [6.07, 6.45) is 0.297. The number of aliphatic hydroxyl groups excluding tert-OH is 1. The van der Waals surface area contributed by atoms with Crippen LogP contribution in [0.3, 0.4) is 0 Å². The SMILES string of the molecule is COc1cc2c3c(c1OC)-c1cc4c(cc1C[C@@H]3N(C)C[C@H]2O)OCO4. The Kier molecular flexibility index (Phi) is 3.36. The molecule has 0 radical (unpaired) electrons. The molecule has 6 nitrogen and oxygen atoms in total. The summed E-state index contributed by atoms with van der Waals surface area (Å²) >= 11 is 0. The minimum absolute atomic E-state index is 0.177. The van der Waals surface area contributed by atoms with E-state index in [-0.39, 0.29) is 12.8 Å². The van der Waals surface area contributed by atoms with E-state index in [0.717, 1.165) is 40.2 Å². The molecule has 2 heterocycles. The van der Waals surface area contributed by atoms with Crippen LogP contribution >= 0.6 is 0 Å². The molecule has 3 aliphatic rings. The monoisotopic (exact) mass is 355 g/mol. The van der Waals surface area contributed by atoms with Crippen LogP contribution in [-0.4, -0.2) is 44.6 Å². The zero-order chi connectivity index (χ0) is 18.0. The summed E-state index contributed by atoms with van der Waals surface area (Å²) in [5, 5.41) is 10.7. The van der Waals surface area contributed by atoms with E-state index in [4.69, 9.17) is 18.9 Å². The van der Waals surface area contributed by atoms with Crippen molar-refractivity contribution in [3.05, 3.63) is 34.9 Å². The second kappa shape index (κ2) is 5.53. The number of fused-ring (bicyclic) bond motifs is 3. The number of β-amino-alcohol motifs (C(OH)–C–C–N with tert-alkyl or cyclic N) is 1. The number of hydrogen-bond donors (Lipinski definition) is 1. The Bertz CT molecular complexity index is 910. The van der Waals surface area contributed by atoms with Crippen molar-refractivity contribution in [1.29, 1.82) is 0 Å². The molecule has 1 N–H and O–H groups in total. The van der Waals surface area contributed by atoms with Gasteiger partial charge in [0.15, 0.2) is 23.0 Å². The Balaban J connectivity index is 1.86. The molecule has 0 unspecified atom stereocenters. The first-order valence-electron chi connectivity index (χ1n) is 8.72. The molecule has 0 spiro atoms. The molecule has 2 aliphatic heterocycles. The van der Waals surface area contributed by atoms with Crippen LogP contribution in [0.25, 0.3) is 11.1 Å². The lowest BCUT2D eigenvalue weighted by molar-refractivity contribution is 0.0828. The fraction of sp³-hybridized carbons (Fsp3) is 0.400. The van der Waals surface area contributed by atoms with Gasteiger partial charge in [0.05, 0.1) is 20.3 Å². The van der Waals surface area contributed by atoms with Crippen LogP contribution in [-0.2, 0) is 6.42 Å². The molecule has 1 aliphatic carbocycles. The molecular weight excluding hydrogens is 334 g/mol. The molecule has 136 valence electrons. The lowest BCUT2D eigenvalue weighted by Gasteiger charge is -2.42. The Morgan fingerprint density at radius 1 is 1.12 bits per heavy atom. The van der Waals surface area contributed by atoms with Gasteiger partial charge in [-0.15, -0.1) is 0 Å². The molecule has 0 saturated carbocycles. The highest BCUT2D eigenvalue weighted by molar-refractivity contribution is 5.85. The zero-order valence-corrected chi connectivity index (χ0v) is 15.0. The van der Waals surface area contributed by atoms with Gasteiger partial charge in [-0.1, -0.05) is 0 Å². The first kappa shape index (κ1) is 15.8. The molecule has 0 aromatic heterocycles. The highest BCUT2D eigenvalue weighted by Crippen LogP contribution is 2.55. The van der Waals surface area contributed by atoms with Crippen molar-refractivity contribution in [2.24, 2.45) is 0 Å².